The summed E-state index contributed by atoms with van der Waals surface area (Å²) in [6, 6.07) is 4.28. The maximum atomic E-state index is 12.7. The number of carbonyl (C=O) groups excluding carboxylic acids is 2. The van der Waals surface area contributed by atoms with E-state index in [-0.39, 0.29) is 36.1 Å². The quantitative estimate of drug-likeness (QED) is 0.504. The van der Waals surface area contributed by atoms with Gasteiger partial charge in [-0.1, -0.05) is 13.8 Å². The molecule has 0 aliphatic rings. The smallest absolute Gasteiger partial charge is 0.243 e. The summed E-state index contributed by atoms with van der Waals surface area (Å²) in [7, 11) is -3.68. The third-order valence-electron chi connectivity index (χ3n) is 3.50. The molecule has 0 aliphatic heterocycles. The van der Waals surface area contributed by atoms with Crippen LogP contribution in [-0.2, 0) is 19.6 Å². The topological polar surface area (TPSA) is 131 Å². The zero-order chi connectivity index (χ0) is 19.7. The first-order valence-corrected chi connectivity index (χ1v) is 9.77. The predicted molar refractivity (Wildman–Crippen MR) is 106 cm³/mol. The van der Waals surface area contributed by atoms with Crippen LogP contribution in [0.3, 0.4) is 0 Å². The molecule has 1 aromatic rings. The van der Waals surface area contributed by atoms with Crippen molar-refractivity contribution >= 4 is 39.9 Å². The number of nitrogens with zero attached hydrogens (tertiary/aromatic N) is 1. The van der Waals surface area contributed by atoms with Crippen LogP contribution in [0.25, 0.3) is 0 Å². The molecule has 4 N–H and O–H groups in total. The Morgan fingerprint density at radius 2 is 1.78 bits per heavy atom. The number of rotatable bonds is 10. The molecule has 0 saturated heterocycles. The highest BCUT2D eigenvalue weighted by Crippen LogP contribution is 2.29. The number of carbonyl (C=O) groups is 2. The fourth-order valence-electron chi connectivity index (χ4n) is 2.21. The number of benzene rings is 1. The molecule has 0 spiro atoms. The Morgan fingerprint density at radius 3 is 2.30 bits per heavy atom. The van der Waals surface area contributed by atoms with Gasteiger partial charge in [-0.25, -0.2) is 8.42 Å². The highest BCUT2D eigenvalue weighted by atomic mass is 35.5. The van der Waals surface area contributed by atoms with E-state index in [0.29, 0.717) is 25.4 Å². The van der Waals surface area contributed by atoms with Crippen LogP contribution < -0.4 is 21.1 Å². The van der Waals surface area contributed by atoms with E-state index in [1.807, 2.05) is 0 Å². The zero-order valence-corrected chi connectivity index (χ0v) is 17.3. The molecular weight excluding hydrogens is 396 g/mol. The lowest BCUT2D eigenvalue weighted by Gasteiger charge is -2.20. The maximum Gasteiger partial charge on any atom is 0.243 e. The van der Waals surface area contributed by atoms with Crippen molar-refractivity contribution in [2.24, 2.45) is 5.73 Å². The lowest BCUT2D eigenvalue weighted by molar-refractivity contribution is -0.123. The summed E-state index contributed by atoms with van der Waals surface area (Å²) in [6.45, 7) is 5.76. The van der Waals surface area contributed by atoms with Gasteiger partial charge in [0, 0.05) is 13.1 Å². The molecule has 0 aliphatic carbocycles. The average Bonchev–Trinajstić information content (AvgIpc) is 2.62. The molecule has 9 nitrogen and oxygen atoms in total. The van der Waals surface area contributed by atoms with Crippen LogP contribution in [0.15, 0.2) is 23.1 Å². The monoisotopic (exact) mass is 422 g/mol. The van der Waals surface area contributed by atoms with Gasteiger partial charge in [-0.15, -0.1) is 12.4 Å². The van der Waals surface area contributed by atoms with Crippen LogP contribution in [0.2, 0.25) is 0 Å². The molecule has 0 bridgehead atoms. The van der Waals surface area contributed by atoms with E-state index in [9.17, 15) is 18.0 Å². The van der Waals surface area contributed by atoms with Gasteiger partial charge in [-0.3, -0.25) is 9.59 Å². The van der Waals surface area contributed by atoms with Crippen molar-refractivity contribution in [1.82, 2.24) is 9.62 Å². The number of halogens is 1. The van der Waals surface area contributed by atoms with Crippen molar-refractivity contribution < 1.29 is 22.7 Å². The van der Waals surface area contributed by atoms with E-state index in [2.05, 4.69) is 10.6 Å². The molecule has 0 saturated carbocycles. The van der Waals surface area contributed by atoms with Gasteiger partial charge in [-0.2, -0.15) is 4.31 Å². The summed E-state index contributed by atoms with van der Waals surface area (Å²) in [5.41, 5.74) is 5.38. The minimum atomic E-state index is -3.68. The minimum Gasteiger partial charge on any atom is -0.492 e. The van der Waals surface area contributed by atoms with E-state index in [1.54, 1.807) is 20.8 Å². The average molecular weight is 423 g/mol. The van der Waals surface area contributed by atoms with Gasteiger partial charge in [0.15, 0.2) is 0 Å². The number of hydrogen-bond acceptors (Lipinski definition) is 6. The summed E-state index contributed by atoms with van der Waals surface area (Å²) < 4.78 is 32.1. The number of ether oxygens (including phenoxy) is 1. The Labute approximate surface area is 166 Å². The van der Waals surface area contributed by atoms with E-state index in [4.69, 9.17) is 10.5 Å². The Hall–Kier alpha value is -1.88. The first-order valence-electron chi connectivity index (χ1n) is 8.33. The lowest BCUT2D eigenvalue weighted by Crippen LogP contribution is -2.36. The zero-order valence-electron chi connectivity index (χ0n) is 15.6. The summed E-state index contributed by atoms with van der Waals surface area (Å²) in [4.78, 5) is 23.2. The van der Waals surface area contributed by atoms with Crippen molar-refractivity contribution in [2.45, 2.75) is 25.7 Å². The standard InChI is InChI=1S/C16H26N4O5S.ClH/c1-4-20(5-2)26(23,24)12-7-8-14(25-6-3)13(9-12)19-16(22)11-18-15(21)10-17;/h7-9H,4-6,10-11,17H2,1-3H3,(H,18,21)(H,19,22);1H. The second-order valence-electron chi connectivity index (χ2n) is 5.21. The SMILES string of the molecule is CCOc1ccc(S(=O)(=O)N(CC)CC)cc1NC(=O)CNC(=O)CN.Cl. The number of nitrogens with two attached hydrogens (primary N) is 1. The lowest BCUT2D eigenvalue weighted by atomic mass is 10.3. The van der Waals surface area contributed by atoms with Gasteiger partial charge in [0.1, 0.15) is 5.75 Å². The van der Waals surface area contributed by atoms with Crippen LogP contribution in [0.4, 0.5) is 5.69 Å². The molecule has 0 fully saturated rings. The van der Waals surface area contributed by atoms with E-state index in [1.165, 1.54) is 22.5 Å². The van der Waals surface area contributed by atoms with Gasteiger partial charge in [0.2, 0.25) is 21.8 Å². The Balaban J connectivity index is 0.00000676. The number of sulfonamides is 1. The normalized spacial score (nSPS) is 10.9. The van der Waals surface area contributed by atoms with Gasteiger partial charge < -0.3 is 21.1 Å². The second kappa shape index (κ2) is 11.8. The van der Waals surface area contributed by atoms with Crippen LogP contribution in [-0.4, -0.2) is 57.3 Å². The van der Waals surface area contributed by atoms with Crippen LogP contribution in [0.1, 0.15) is 20.8 Å². The van der Waals surface area contributed by atoms with Crippen LogP contribution in [0.5, 0.6) is 5.75 Å². The highest BCUT2D eigenvalue weighted by molar-refractivity contribution is 7.89. The molecule has 1 aromatic carbocycles. The summed E-state index contributed by atoms with van der Waals surface area (Å²) in [6.07, 6.45) is 0. The molecule has 2 amide bonds. The molecular formula is C16H27ClN4O5S. The molecule has 154 valence electrons. The van der Waals surface area contributed by atoms with Gasteiger partial charge >= 0.3 is 0 Å². The molecule has 0 unspecified atom stereocenters. The third-order valence-corrected chi connectivity index (χ3v) is 5.55. The Bertz CT molecular complexity index is 738. The fourth-order valence-corrected chi connectivity index (χ4v) is 3.69. The van der Waals surface area contributed by atoms with Crippen molar-refractivity contribution in [3.63, 3.8) is 0 Å². The number of anilines is 1. The van der Waals surface area contributed by atoms with E-state index >= 15 is 0 Å². The van der Waals surface area contributed by atoms with Gasteiger partial charge in [0.05, 0.1) is 30.3 Å². The van der Waals surface area contributed by atoms with Gasteiger partial charge in [0.25, 0.3) is 0 Å². The number of amides is 2. The molecule has 27 heavy (non-hydrogen) atoms. The Kier molecular flexibility index (Phi) is 10.9. The molecule has 0 aromatic heterocycles. The minimum absolute atomic E-state index is 0. The molecule has 0 heterocycles. The summed E-state index contributed by atoms with van der Waals surface area (Å²) in [5, 5.41) is 4.90. The Morgan fingerprint density at radius 1 is 1.15 bits per heavy atom. The third kappa shape index (κ3) is 6.98. The second-order valence-corrected chi connectivity index (χ2v) is 7.15. The van der Waals surface area contributed by atoms with Crippen molar-refractivity contribution in [2.75, 3.05) is 38.1 Å². The maximum absolute atomic E-state index is 12.7. The summed E-state index contributed by atoms with van der Waals surface area (Å²) >= 11 is 0. The number of hydrogen-bond donors (Lipinski definition) is 3. The fraction of sp³-hybridized carbons (Fsp3) is 0.500. The molecule has 1 rings (SSSR count). The summed E-state index contributed by atoms with van der Waals surface area (Å²) in [5.74, 6) is -0.655. The molecule has 11 heteroatoms. The van der Waals surface area contributed by atoms with Crippen molar-refractivity contribution in [1.29, 1.82) is 0 Å². The van der Waals surface area contributed by atoms with Crippen LogP contribution in [0, 0.1) is 0 Å². The first-order chi connectivity index (χ1) is 12.3. The first kappa shape index (κ1) is 25.1. The highest BCUT2D eigenvalue weighted by Gasteiger charge is 2.23. The molecule has 0 atom stereocenters. The predicted octanol–water partition coefficient (Wildman–Crippen LogP) is 0.551. The van der Waals surface area contributed by atoms with E-state index in [0.717, 1.165) is 0 Å². The van der Waals surface area contributed by atoms with Crippen molar-refractivity contribution in [3.05, 3.63) is 18.2 Å². The van der Waals surface area contributed by atoms with E-state index < -0.39 is 21.8 Å². The van der Waals surface area contributed by atoms with Gasteiger partial charge in [-0.05, 0) is 25.1 Å². The largest absolute Gasteiger partial charge is 0.492 e. The number of nitrogens with one attached hydrogen (secondary N) is 2. The van der Waals surface area contributed by atoms with Crippen LogP contribution >= 0.6 is 12.4 Å². The van der Waals surface area contributed by atoms with Crippen molar-refractivity contribution in [3.8, 4) is 5.75 Å². The molecule has 0 radical (unpaired) electrons.